The lowest BCUT2D eigenvalue weighted by molar-refractivity contribution is 0.726. The number of hydrogen-bond donors (Lipinski definition) is 1. The van der Waals surface area contributed by atoms with Gasteiger partial charge in [-0.1, -0.05) is 31.3 Å². The molecule has 0 fully saturated rings. The van der Waals surface area contributed by atoms with Crippen LogP contribution in [-0.2, 0) is 0 Å². The van der Waals surface area contributed by atoms with Crippen molar-refractivity contribution in [2.75, 3.05) is 5.73 Å². The van der Waals surface area contributed by atoms with Crippen molar-refractivity contribution in [2.24, 2.45) is 0 Å². The molecule has 3 heterocycles. The number of aromatic nitrogens is 5. The van der Waals surface area contributed by atoms with E-state index < -0.39 is 0 Å². The second-order valence-electron chi connectivity index (χ2n) is 4.26. The van der Waals surface area contributed by atoms with Crippen molar-refractivity contribution in [2.45, 2.75) is 19.8 Å². The van der Waals surface area contributed by atoms with Gasteiger partial charge in [0.2, 0.25) is 4.96 Å². The summed E-state index contributed by atoms with van der Waals surface area (Å²) in [5, 5.41) is 13.5. The third-order valence-corrected chi connectivity index (χ3v) is 3.44. The van der Waals surface area contributed by atoms with Crippen LogP contribution in [0.4, 0.5) is 5.82 Å². The maximum Gasteiger partial charge on any atom is 0.235 e. The summed E-state index contributed by atoms with van der Waals surface area (Å²) in [5.41, 5.74) is 6.44. The number of anilines is 1. The van der Waals surface area contributed by atoms with Gasteiger partial charge in [-0.15, -0.1) is 10.2 Å². The van der Waals surface area contributed by atoms with Crippen LogP contribution in [0.15, 0.2) is 18.2 Å². The normalized spacial score (nSPS) is 11.5. The maximum absolute atomic E-state index is 5.67. The Labute approximate surface area is 107 Å². The maximum atomic E-state index is 5.67. The number of hydrogen-bond acceptors (Lipinski definition) is 6. The number of rotatable bonds is 2. The van der Waals surface area contributed by atoms with Gasteiger partial charge in [0.15, 0.2) is 10.8 Å². The van der Waals surface area contributed by atoms with Gasteiger partial charge >= 0.3 is 0 Å². The second-order valence-corrected chi connectivity index (χ2v) is 5.22. The van der Waals surface area contributed by atoms with Gasteiger partial charge in [-0.3, -0.25) is 0 Å². The molecule has 3 aromatic heterocycles. The van der Waals surface area contributed by atoms with Gasteiger partial charge in [-0.2, -0.15) is 9.61 Å². The first-order valence-electron chi connectivity index (χ1n) is 5.60. The van der Waals surface area contributed by atoms with Crippen LogP contribution >= 0.6 is 11.3 Å². The highest BCUT2D eigenvalue weighted by atomic mass is 32.1. The van der Waals surface area contributed by atoms with Crippen LogP contribution in [0.5, 0.6) is 0 Å². The zero-order valence-electron chi connectivity index (χ0n) is 10.0. The van der Waals surface area contributed by atoms with E-state index in [1.807, 2.05) is 12.1 Å². The minimum Gasteiger partial charge on any atom is -0.384 e. The molecule has 0 saturated carbocycles. The quantitative estimate of drug-likeness (QED) is 0.761. The molecular formula is C11H12N6S. The summed E-state index contributed by atoms with van der Waals surface area (Å²) in [6.07, 6.45) is 0. The van der Waals surface area contributed by atoms with E-state index >= 15 is 0 Å². The van der Waals surface area contributed by atoms with Gasteiger partial charge in [0.25, 0.3) is 0 Å². The Morgan fingerprint density at radius 1 is 1.28 bits per heavy atom. The number of nitrogen functional groups attached to an aromatic ring is 1. The lowest BCUT2D eigenvalue weighted by Crippen LogP contribution is -1.98. The lowest BCUT2D eigenvalue weighted by Gasteiger charge is -1.98. The molecule has 0 saturated heterocycles. The van der Waals surface area contributed by atoms with E-state index in [9.17, 15) is 0 Å². The van der Waals surface area contributed by atoms with Crippen molar-refractivity contribution in [3.05, 3.63) is 24.0 Å². The highest BCUT2D eigenvalue weighted by Gasteiger charge is 2.15. The molecule has 0 aliphatic heterocycles. The Morgan fingerprint density at radius 3 is 2.83 bits per heavy atom. The predicted molar refractivity (Wildman–Crippen MR) is 70.4 cm³/mol. The lowest BCUT2D eigenvalue weighted by atomic mass is 10.2. The molecule has 0 amide bonds. The van der Waals surface area contributed by atoms with Gasteiger partial charge in [-0.25, -0.2) is 4.98 Å². The van der Waals surface area contributed by atoms with Crippen LogP contribution in [0.25, 0.3) is 15.7 Å². The molecule has 0 atom stereocenters. The Kier molecular flexibility index (Phi) is 2.48. The highest BCUT2D eigenvalue weighted by Crippen LogP contribution is 2.25. The van der Waals surface area contributed by atoms with Crippen LogP contribution < -0.4 is 5.73 Å². The van der Waals surface area contributed by atoms with Gasteiger partial charge in [-0.05, 0) is 12.1 Å². The van der Waals surface area contributed by atoms with Gasteiger partial charge in [0.05, 0.1) is 0 Å². The van der Waals surface area contributed by atoms with Gasteiger partial charge < -0.3 is 5.73 Å². The Hall–Kier alpha value is -2.02. The predicted octanol–water partition coefficient (Wildman–Crippen LogP) is 1.95. The number of nitrogens with zero attached hydrogens (tertiary/aromatic N) is 5. The van der Waals surface area contributed by atoms with E-state index in [4.69, 9.17) is 5.73 Å². The van der Waals surface area contributed by atoms with Crippen molar-refractivity contribution in [1.29, 1.82) is 0 Å². The Morgan fingerprint density at radius 2 is 2.11 bits per heavy atom. The van der Waals surface area contributed by atoms with Crippen molar-refractivity contribution < 1.29 is 0 Å². The number of fused-ring (bicyclic) bond motifs is 1. The Bertz CT molecular complexity index is 698. The zero-order valence-corrected chi connectivity index (χ0v) is 10.8. The second kappa shape index (κ2) is 4.02. The van der Waals surface area contributed by atoms with Crippen LogP contribution in [0.2, 0.25) is 0 Å². The highest BCUT2D eigenvalue weighted by molar-refractivity contribution is 7.19. The summed E-state index contributed by atoms with van der Waals surface area (Å²) in [4.78, 5) is 5.03. The van der Waals surface area contributed by atoms with E-state index in [-0.39, 0.29) is 5.92 Å². The van der Waals surface area contributed by atoms with E-state index in [1.54, 1.807) is 10.6 Å². The molecular weight excluding hydrogens is 248 g/mol. The standard InChI is InChI=1S/C11H12N6S/c1-6(2)9-14-15-11-17(9)16-10(18-11)7-4-3-5-8(12)13-7/h3-6H,1-2H3,(H2,12,13). The van der Waals surface area contributed by atoms with Gasteiger partial charge in [0, 0.05) is 5.92 Å². The van der Waals surface area contributed by atoms with E-state index in [0.717, 1.165) is 21.5 Å². The summed E-state index contributed by atoms with van der Waals surface area (Å²) >= 11 is 1.46. The molecule has 92 valence electrons. The minimum atomic E-state index is 0.281. The topological polar surface area (TPSA) is 82.0 Å². The molecule has 7 heteroatoms. The zero-order chi connectivity index (χ0) is 12.7. The molecule has 3 rings (SSSR count). The van der Waals surface area contributed by atoms with Crippen molar-refractivity contribution in [3.8, 4) is 10.7 Å². The largest absolute Gasteiger partial charge is 0.384 e. The van der Waals surface area contributed by atoms with Gasteiger partial charge in [0.1, 0.15) is 11.5 Å². The van der Waals surface area contributed by atoms with Crippen LogP contribution in [0.3, 0.4) is 0 Å². The summed E-state index contributed by atoms with van der Waals surface area (Å²) in [6.45, 7) is 4.13. The number of pyridine rings is 1. The molecule has 6 nitrogen and oxygen atoms in total. The minimum absolute atomic E-state index is 0.281. The van der Waals surface area contributed by atoms with E-state index in [2.05, 4.69) is 34.1 Å². The summed E-state index contributed by atoms with van der Waals surface area (Å²) in [7, 11) is 0. The third-order valence-electron chi connectivity index (χ3n) is 2.52. The smallest absolute Gasteiger partial charge is 0.235 e. The van der Waals surface area contributed by atoms with Crippen LogP contribution in [-0.4, -0.2) is 24.8 Å². The molecule has 2 N–H and O–H groups in total. The summed E-state index contributed by atoms with van der Waals surface area (Å²) < 4.78 is 1.77. The summed E-state index contributed by atoms with van der Waals surface area (Å²) in [6, 6.07) is 5.50. The first-order valence-corrected chi connectivity index (χ1v) is 6.42. The monoisotopic (exact) mass is 260 g/mol. The molecule has 0 unspecified atom stereocenters. The molecule has 0 aromatic carbocycles. The fourth-order valence-electron chi connectivity index (χ4n) is 1.67. The first-order chi connectivity index (χ1) is 8.65. The van der Waals surface area contributed by atoms with Crippen molar-refractivity contribution in [3.63, 3.8) is 0 Å². The number of nitrogens with two attached hydrogens (primary N) is 1. The van der Waals surface area contributed by atoms with Crippen molar-refractivity contribution >= 4 is 22.1 Å². The van der Waals surface area contributed by atoms with Crippen molar-refractivity contribution in [1.82, 2.24) is 24.8 Å². The third kappa shape index (κ3) is 1.72. The molecule has 3 aromatic rings. The van der Waals surface area contributed by atoms with Crippen LogP contribution in [0, 0.1) is 0 Å². The SMILES string of the molecule is CC(C)c1nnc2sc(-c3cccc(N)n3)nn12. The molecule has 0 radical (unpaired) electrons. The molecule has 18 heavy (non-hydrogen) atoms. The molecule has 0 bridgehead atoms. The summed E-state index contributed by atoms with van der Waals surface area (Å²) in [5.74, 6) is 1.63. The fraction of sp³-hybridized carbons (Fsp3) is 0.273. The average Bonchev–Trinajstić information content (AvgIpc) is 2.87. The van der Waals surface area contributed by atoms with Crippen LogP contribution in [0.1, 0.15) is 25.6 Å². The molecule has 0 aliphatic carbocycles. The Balaban J connectivity index is 2.14. The fourth-order valence-corrected chi connectivity index (χ4v) is 2.48. The van der Waals surface area contributed by atoms with E-state index in [1.165, 1.54) is 11.3 Å². The van der Waals surface area contributed by atoms with E-state index in [0.29, 0.717) is 5.82 Å². The molecule has 0 spiro atoms. The average molecular weight is 260 g/mol. The molecule has 0 aliphatic rings. The first kappa shape index (κ1) is 11.1.